The number of alkyl halides is 1. The third kappa shape index (κ3) is 6.00. The normalized spacial score (nSPS) is 19.6. The molecule has 1 aliphatic rings. The smallest absolute Gasteiger partial charge is 0.213 e. The highest BCUT2D eigenvalue weighted by Gasteiger charge is 2.36. The summed E-state index contributed by atoms with van der Waals surface area (Å²) in [5.41, 5.74) is 2.67. The maximum absolute atomic E-state index is 13.2. The van der Waals surface area contributed by atoms with Crippen molar-refractivity contribution in [1.29, 1.82) is 3.56 Å². The predicted octanol–water partition coefficient (Wildman–Crippen LogP) is 5.26. The molecule has 3 atom stereocenters. The van der Waals surface area contributed by atoms with E-state index in [1.54, 1.807) is 18.5 Å². The molecule has 2 aromatic heterocycles. The van der Waals surface area contributed by atoms with E-state index in [-0.39, 0.29) is 12.0 Å². The van der Waals surface area contributed by atoms with E-state index >= 15 is 0 Å². The summed E-state index contributed by atoms with van der Waals surface area (Å²) in [5.74, 6) is 0.761. The highest BCUT2D eigenvalue weighted by atomic mass is 127. The Balaban J connectivity index is 1.59. The first-order valence-corrected chi connectivity index (χ1v) is 14.0. The summed E-state index contributed by atoms with van der Waals surface area (Å²) in [7, 11) is 0. The monoisotopic (exact) mass is 577 g/mol. The number of aliphatic hydroxyl groups is 1. The minimum absolute atomic E-state index is 0.0688. The maximum atomic E-state index is 13.2. The van der Waals surface area contributed by atoms with Crippen LogP contribution in [0.1, 0.15) is 36.6 Å². The number of nitrogens with zero attached hydrogens (tertiary/aromatic N) is 4. The van der Waals surface area contributed by atoms with Gasteiger partial charge in [0, 0.05) is 52.5 Å². The van der Waals surface area contributed by atoms with Crippen molar-refractivity contribution in [2.75, 3.05) is 17.6 Å². The molecule has 180 valence electrons. The standard InChI is InChI=1S/C25H29FIN5O2/c1-17-5-7-20(24-29-11-3-12-30-24)21(14-17)25(33)32-13-2-4-18(22(32)9-10-27-28)16-34-23-8-6-19(26)15-31-23/h3,5-8,11-12,14-15,18,22,25,28,33H,2,4,9-10,13,16H2,1H3/t18-,22?,25?/m1/s1. The Bertz CT molecular complexity index is 1090. The van der Waals surface area contributed by atoms with Crippen molar-refractivity contribution >= 4 is 21.0 Å². The van der Waals surface area contributed by atoms with Crippen LogP contribution in [-0.4, -0.2) is 48.6 Å². The molecule has 0 saturated carbocycles. The van der Waals surface area contributed by atoms with Gasteiger partial charge in [-0.3, -0.25) is 8.46 Å². The number of aliphatic hydroxyl groups excluding tert-OH is 1. The van der Waals surface area contributed by atoms with Gasteiger partial charge in [0.15, 0.2) is 5.82 Å². The number of halogens is 2. The highest BCUT2D eigenvalue weighted by molar-refractivity contribution is 14.1. The minimum atomic E-state index is -0.820. The predicted molar refractivity (Wildman–Crippen MR) is 136 cm³/mol. The van der Waals surface area contributed by atoms with Crippen molar-refractivity contribution in [3.8, 4) is 17.3 Å². The third-order valence-electron chi connectivity index (χ3n) is 6.21. The topological polar surface area (TPSA) is 95.2 Å². The molecule has 1 fully saturated rings. The minimum Gasteiger partial charge on any atom is -0.477 e. The molecule has 9 heteroatoms. The Morgan fingerprint density at radius 3 is 2.79 bits per heavy atom. The van der Waals surface area contributed by atoms with Crippen LogP contribution >= 0.6 is 21.0 Å². The first-order chi connectivity index (χ1) is 16.6. The van der Waals surface area contributed by atoms with Crippen LogP contribution in [0.3, 0.4) is 0 Å². The van der Waals surface area contributed by atoms with E-state index in [2.05, 4.69) is 19.9 Å². The fourth-order valence-electron chi connectivity index (χ4n) is 4.59. The van der Waals surface area contributed by atoms with Crippen LogP contribution < -0.4 is 4.74 Å². The lowest BCUT2D eigenvalue weighted by atomic mass is 9.87. The quantitative estimate of drug-likeness (QED) is 0.266. The van der Waals surface area contributed by atoms with Gasteiger partial charge in [0.05, 0.1) is 12.8 Å². The number of likely N-dealkylation sites (tertiary alicyclic amines) is 1. The van der Waals surface area contributed by atoms with Gasteiger partial charge in [-0.25, -0.2) is 19.3 Å². The number of pyridine rings is 1. The second-order valence-electron chi connectivity index (χ2n) is 8.48. The third-order valence-corrected chi connectivity index (χ3v) is 7.37. The van der Waals surface area contributed by atoms with Crippen LogP contribution in [0.15, 0.2) is 55.0 Å². The van der Waals surface area contributed by atoms with E-state index in [4.69, 9.17) is 8.30 Å². The van der Waals surface area contributed by atoms with Gasteiger partial charge in [0.1, 0.15) is 12.0 Å². The number of hydrogen-bond acceptors (Lipinski definition) is 7. The Morgan fingerprint density at radius 1 is 1.24 bits per heavy atom. The van der Waals surface area contributed by atoms with Crippen LogP contribution in [0.2, 0.25) is 0 Å². The molecule has 1 aromatic carbocycles. The number of aryl methyl sites for hydroxylation is 1. The fourth-order valence-corrected chi connectivity index (χ4v) is 5.54. The van der Waals surface area contributed by atoms with Crippen LogP contribution in [-0.2, 0) is 0 Å². The largest absolute Gasteiger partial charge is 0.477 e. The number of benzene rings is 1. The van der Waals surface area contributed by atoms with Crippen LogP contribution in [0.5, 0.6) is 5.88 Å². The molecule has 34 heavy (non-hydrogen) atoms. The molecule has 2 unspecified atom stereocenters. The number of piperidine rings is 1. The molecule has 3 heterocycles. The molecule has 0 spiro atoms. The van der Waals surface area contributed by atoms with Crippen molar-refractivity contribution in [3.63, 3.8) is 0 Å². The van der Waals surface area contributed by atoms with Crippen LogP contribution in [0.4, 0.5) is 4.39 Å². The summed E-state index contributed by atoms with van der Waals surface area (Å²) in [5, 5.41) is 11.7. The SMILES string of the molecule is Cc1ccc(-c2ncccn2)c(C(O)N2CCC[C@H](COc3ccc(F)cn3)C2CCI=N)c1. The Kier molecular flexibility index (Phi) is 8.63. The van der Waals surface area contributed by atoms with Gasteiger partial charge in [0.2, 0.25) is 5.88 Å². The molecule has 0 radical (unpaired) electrons. The number of ether oxygens (including phenoxy) is 1. The Morgan fingerprint density at radius 2 is 2.06 bits per heavy atom. The zero-order valence-electron chi connectivity index (χ0n) is 19.1. The van der Waals surface area contributed by atoms with E-state index in [1.807, 2.05) is 25.1 Å². The summed E-state index contributed by atoms with van der Waals surface area (Å²) >= 11 is -0.613. The van der Waals surface area contributed by atoms with Crippen molar-refractivity contribution in [3.05, 3.63) is 71.9 Å². The van der Waals surface area contributed by atoms with Gasteiger partial charge in [0.25, 0.3) is 0 Å². The average Bonchev–Trinajstić information content (AvgIpc) is 2.87. The molecule has 0 bridgehead atoms. The van der Waals surface area contributed by atoms with Gasteiger partial charge in [-0.2, -0.15) is 0 Å². The summed E-state index contributed by atoms with van der Waals surface area (Å²) < 4.78 is 27.7. The van der Waals surface area contributed by atoms with E-state index in [0.29, 0.717) is 18.3 Å². The highest BCUT2D eigenvalue weighted by Crippen LogP contribution is 2.36. The first-order valence-electron chi connectivity index (χ1n) is 11.4. The Hall–Kier alpha value is -2.37. The summed E-state index contributed by atoms with van der Waals surface area (Å²) in [6.45, 7) is 3.21. The number of rotatable bonds is 9. The lowest BCUT2D eigenvalue weighted by Gasteiger charge is -2.44. The molecule has 7 nitrogen and oxygen atoms in total. The lowest BCUT2D eigenvalue weighted by Crippen LogP contribution is -2.49. The average molecular weight is 577 g/mol. The Labute approximate surface area is 209 Å². The molecule has 0 amide bonds. The van der Waals surface area contributed by atoms with E-state index < -0.39 is 33.1 Å². The van der Waals surface area contributed by atoms with E-state index in [1.165, 1.54) is 12.1 Å². The maximum Gasteiger partial charge on any atom is 0.213 e. The summed E-state index contributed by atoms with van der Waals surface area (Å²) in [6, 6.07) is 10.7. The second-order valence-corrected chi connectivity index (χ2v) is 10.3. The number of aromatic nitrogens is 3. The molecule has 1 aliphatic heterocycles. The number of nitrogens with one attached hydrogen (secondary N) is 1. The van der Waals surface area contributed by atoms with Crippen molar-refractivity contribution < 1.29 is 14.2 Å². The zero-order valence-corrected chi connectivity index (χ0v) is 21.2. The van der Waals surface area contributed by atoms with Gasteiger partial charge >= 0.3 is 0 Å². The molecule has 4 rings (SSSR count). The van der Waals surface area contributed by atoms with E-state index in [9.17, 15) is 9.50 Å². The second kappa shape index (κ2) is 11.9. The van der Waals surface area contributed by atoms with Crippen LogP contribution in [0.25, 0.3) is 11.4 Å². The van der Waals surface area contributed by atoms with Crippen LogP contribution in [0, 0.1) is 22.2 Å². The van der Waals surface area contributed by atoms with Gasteiger partial charge in [-0.1, -0.05) is 23.8 Å². The number of hydrogen-bond donors (Lipinski definition) is 2. The molecule has 2 N–H and O–H groups in total. The summed E-state index contributed by atoms with van der Waals surface area (Å²) in [4.78, 5) is 15.0. The summed E-state index contributed by atoms with van der Waals surface area (Å²) in [6.07, 6.45) is 6.47. The fraction of sp³-hybridized carbons (Fsp3) is 0.400. The van der Waals surface area contributed by atoms with Gasteiger partial charge in [-0.05, 0) is 59.4 Å². The molecule has 1 saturated heterocycles. The molecular weight excluding hydrogens is 548 g/mol. The van der Waals surface area contributed by atoms with Crippen molar-refractivity contribution in [2.24, 2.45) is 5.92 Å². The van der Waals surface area contributed by atoms with Gasteiger partial charge < -0.3 is 9.84 Å². The molecule has 0 aliphatic carbocycles. The van der Waals surface area contributed by atoms with Crippen molar-refractivity contribution in [2.45, 2.75) is 38.5 Å². The lowest BCUT2D eigenvalue weighted by molar-refractivity contribution is -0.0690. The van der Waals surface area contributed by atoms with E-state index in [0.717, 1.165) is 53.1 Å². The molecule has 3 aromatic rings. The van der Waals surface area contributed by atoms with Crippen molar-refractivity contribution in [1.82, 2.24) is 19.9 Å². The van der Waals surface area contributed by atoms with Gasteiger partial charge in [-0.15, -0.1) is 0 Å². The first kappa shape index (κ1) is 24.7. The molecular formula is C25H29FIN5O2. The zero-order chi connectivity index (χ0) is 23.9.